The van der Waals surface area contributed by atoms with Crippen molar-refractivity contribution in [2.75, 3.05) is 0 Å². The van der Waals surface area contributed by atoms with Crippen molar-refractivity contribution in [1.29, 1.82) is 0 Å². The first-order valence-electron chi connectivity index (χ1n) is 0. The summed E-state index contributed by atoms with van der Waals surface area (Å²) in [5, 5.41) is 0. The van der Waals surface area contributed by atoms with Gasteiger partial charge in [0.25, 0.3) is 0 Å². The van der Waals surface area contributed by atoms with Crippen molar-refractivity contribution in [1.82, 2.24) is 0 Å². The molecule has 0 N–H and O–H groups in total. The van der Waals surface area contributed by atoms with Crippen LogP contribution in [0.2, 0.25) is 0 Å². The number of hydrogen-bond acceptors (Lipinski definition) is 0. The molecule has 0 unspecified atom stereocenters. The third-order valence-corrected chi connectivity index (χ3v) is 0. The van der Waals surface area contributed by atoms with E-state index < -0.39 is 0 Å². The largest absolute Gasteiger partial charge is 0 e. The Hall–Kier alpha value is 11.1. The Morgan fingerprint density at radius 3 is 0.222 bits per heavy atom. The molecule has 0 spiro atoms. The quantitative estimate of drug-likeness (QED) is 0.222. The summed E-state index contributed by atoms with van der Waals surface area (Å²) in [4.78, 5) is 0. The topological polar surface area (TPSA) is 0 Å². The van der Waals surface area contributed by atoms with E-state index in [-0.39, 0.29) is 342 Å². The van der Waals surface area contributed by atoms with Crippen molar-refractivity contribution in [3.05, 3.63) is 0 Å². The fourth-order valence-corrected chi connectivity index (χ4v) is 0. The number of rotatable bonds is 0. The van der Waals surface area contributed by atoms with Gasteiger partial charge in [0.05, 0.1) is 0 Å². The molecular formula is Ba5Sb4. The molecule has 0 aromatic carbocycles. The Morgan fingerprint density at radius 1 is 0.222 bits per heavy atom. The third kappa shape index (κ3) is 45.3. The minimum Gasteiger partial charge on any atom is 0 e. The Kier molecular flexibility index (Phi) is 335. The molecule has 0 heterocycles. The molecule has 0 aromatic heterocycles. The zero-order chi connectivity index (χ0) is 0. The first-order valence-corrected chi connectivity index (χ1v) is 0. The van der Waals surface area contributed by atoms with E-state index in [1.807, 2.05) is 0 Å². The summed E-state index contributed by atoms with van der Waals surface area (Å²) in [6.45, 7) is 0. The van der Waals surface area contributed by atoms with Gasteiger partial charge in [0, 0.05) is 342 Å². The molecule has 0 aliphatic carbocycles. The van der Waals surface area contributed by atoms with Crippen LogP contribution in [0.4, 0.5) is 0 Å². The molecule has 0 aliphatic heterocycles. The number of hydrogen-bond donors (Lipinski definition) is 0. The van der Waals surface area contributed by atoms with Crippen molar-refractivity contribution in [2.24, 2.45) is 0 Å². The Bertz CT molecular complexity index is 8.92. The first kappa shape index (κ1) is 59.5. The molecule has 22 radical (unpaired) electrons. The van der Waals surface area contributed by atoms with Crippen molar-refractivity contribution in [2.45, 2.75) is 0 Å². The molecule has 30 valence electrons. The van der Waals surface area contributed by atoms with Crippen LogP contribution in [0.3, 0.4) is 0 Å². The Morgan fingerprint density at radius 2 is 0.222 bits per heavy atom. The summed E-state index contributed by atoms with van der Waals surface area (Å²) in [6.07, 6.45) is 0. The summed E-state index contributed by atoms with van der Waals surface area (Å²) >= 11 is 0. The zero-order valence-electron chi connectivity index (χ0n) is 5.32. The van der Waals surface area contributed by atoms with Crippen molar-refractivity contribution in [3.63, 3.8) is 0 Å². The molecule has 0 atom stereocenters. The summed E-state index contributed by atoms with van der Waals surface area (Å²) in [7, 11) is 0. The first-order chi connectivity index (χ1) is 0. The van der Waals surface area contributed by atoms with Crippen LogP contribution in [0, 0.1) is 0 Å². The standard InChI is InChI=1S/5Ba.4Sb. The van der Waals surface area contributed by atoms with Crippen LogP contribution in [0.5, 0.6) is 0 Å². The van der Waals surface area contributed by atoms with Crippen molar-refractivity contribution in [3.8, 4) is 0 Å². The van der Waals surface area contributed by atoms with Crippen molar-refractivity contribution >= 4 is 342 Å². The fraction of sp³-hybridized carbons (Fsp3) is 0. The molecule has 0 nitrogen and oxygen atoms in total. The second-order valence-electron chi connectivity index (χ2n) is 0. The van der Waals surface area contributed by atoms with Gasteiger partial charge in [0.1, 0.15) is 0 Å². The third-order valence-electron chi connectivity index (χ3n) is 0. The maximum absolute atomic E-state index is 0. The Balaban J connectivity index is 0. The summed E-state index contributed by atoms with van der Waals surface area (Å²) in [5.41, 5.74) is 0. The molecule has 0 bridgehead atoms. The van der Waals surface area contributed by atoms with Crippen LogP contribution in [0.15, 0.2) is 0 Å². The van der Waals surface area contributed by atoms with Gasteiger partial charge in [-0.05, 0) is 0 Å². The van der Waals surface area contributed by atoms with E-state index >= 15 is 0 Å². The van der Waals surface area contributed by atoms with Gasteiger partial charge in [-0.1, -0.05) is 0 Å². The van der Waals surface area contributed by atoms with Crippen LogP contribution < -0.4 is 0 Å². The van der Waals surface area contributed by atoms with Gasteiger partial charge in [-0.15, -0.1) is 0 Å². The van der Waals surface area contributed by atoms with Gasteiger partial charge in [-0.25, -0.2) is 0 Å². The normalized spacial score (nSPS) is 0. The smallest absolute Gasteiger partial charge is 0 e. The van der Waals surface area contributed by atoms with E-state index in [0.29, 0.717) is 0 Å². The fourth-order valence-electron chi connectivity index (χ4n) is 0. The van der Waals surface area contributed by atoms with Crippen LogP contribution in [0.1, 0.15) is 0 Å². The average molecular weight is 1170 g/mol. The van der Waals surface area contributed by atoms with E-state index in [9.17, 15) is 0 Å². The molecule has 0 fully saturated rings. The molecule has 9 heteroatoms. The summed E-state index contributed by atoms with van der Waals surface area (Å²) in [5.74, 6) is 0. The average Bonchev–Trinajstić information content (AvgIpc) is 0. The van der Waals surface area contributed by atoms with Crippen LogP contribution >= 0.6 is 0 Å². The van der Waals surface area contributed by atoms with Crippen molar-refractivity contribution < 1.29 is 0 Å². The molecule has 9 heavy (non-hydrogen) atoms. The molecule has 0 aromatic rings. The van der Waals surface area contributed by atoms with Crippen LogP contribution in [-0.2, 0) is 0 Å². The van der Waals surface area contributed by atoms with Gasteiger partial charge >= 0.3 is 0 Å². The Labute approximate surface area is 329 Å². The predicted octanol–water partition coefficient (Wildman–Crippen LogP) is -3.43. The van der Waals surface area contributed by atoms with Gasteiger partial charge < -0.3 is 0 Å². The van der Waals surface area contributed by atoms with Crippen LogP contribution in [-0.4, -0.2) is 342 Å². The van der Waals surface area contributed by atoms with E-state index in [2.05, 4.69) is 0 Å². The predicted molar refractivity (Wildman–Crippen MR) is 51.8 cm³/mol. The van der Waals surface area contributed by atoms with E-state index in [4.69, 9.17) is 0 Å². The van der Waals surface area contributed by atoms with Gasteiger partial charge in [-0.3, -0.25) is 0 Å². The summed E-state index contributed by atoms with van der Waals surface area (Å²) in [6, 6.07) is 0. The molecule has 0 amide bonds. The van der Waals surface area contributed by atoms with E-state index in [0.717, 1.165) is 0 Å². The van der Waals surface area contributed by atoms with Gasteiger partial charge in [0.2, 0.25) is 0 Å². The monoisotopic (exact) mass is 1170 g/mol. The maximum atomic E-state index is 0. The van der Waals surface area contributed by atoms with Gasteiger partial charge in [-0.2, -0.15) is 0 Å². The maximum Gasteiger partial charge on any atom is 0 e. The minimum absolute atomic E-state index is 0. The SMILES string of the molecule is [Ba].[Ba].[Ba].[Ba].[Ba].[Sb].[Sb].[Sb].[Sb]. The molecule has 0 saturated heterocycles. The van der Waals surface area contributed by atoms with E-state index in [1.54, 1.807) is 0 Å². The molecular weight excluding hydrogens is 1170 g/mol. The molecule has 0 rings (SSSR count). The molecule has 0 aliphatic rings. The van der Waals surface area contributed by atoms with E-state index in [1.165, 1.54) is 0 Å². The van der Waals surface area contributed by atoms with Crippen LogP contribution in [0.25, 0.3) is 0 Å². The van der Waals surface area contributed by atoms with Gasteiger partial charge in [0.15, 0.2) is 0 Å². The second kappa shape index (κ2) is 50.8. The summed E-state index contributed by atoms with van der Waals surface area (Å²) < 4.78 is 0. The second-order valence-corrected chi connectivity index (χ2v) is 0. The zero-order valence-corrected chi connectivity index (χ0v) is 37.7. The molecule has 0 saturated carbocycles. The minimum atomic E-state index is 0.